The molecule has 1 amide bonds. The minimum Gasteiger partial charge on any atom is -0.494 e. The summed E-state index contributed by atoms with van der Waals surface area (Å²) in [6, 6.07) is 10.2. The van der Waals surface area contributed by atoms with Crippen LogP contribution in [0.4, 0.5) is 13.2 Å². The maximum absolute atomic E-state index is 13.6. The normalized spacial score (nSPS) is 17.8. The van der Waals surface area contributed by atoms with Gasteiger partial charge in [0.15, 0.2) is 4.47 Å². The number of rotatable bonds is 4. The molecular weight excluding hydrogens is 523 g/mol. The van der Waals surface area contributed by atoms with Gasteiger partial charge >= 0.3 is 6.18 Å². The minimum absolute atomic E-state index is 0.0534. The van der Waals surface area contributed by atoms with Crippen molar-refractivity contribution in [3.63, 3.8) is 0 Å². The van der Waals surface area contributed by atoms with Crippen LogP contribution >= 0.6 is 22.9 Å². The number of aryl methyl sites for hydroxylation is 1. The first-order chi connectivity index (χ1) is 17.5. The summed E-state index contributed by atoms with van der Waals surface area (Å²) < 4.78 is 40.5. The molecule has 0 bridgehead atoms. The fourth-order valence-corrected chi connectivity index (χ4v) is 5.60. The Bertz CT molecular complexity index is 1490. The van der Waals surface area contributed by atoms with Crippen molar-refractivity contribution in [1.82, 2.24) is 14.8 Å². The molecule has 190 valence electrons. The molecule has 5 rings (SSSR count). The van der Waals surface area contributed by atoms with Gasteiger partial charge in [-0.3, -0.25) is 9.69 Å². The highest BCUT2D eigenvalue weighted by Crippen LogP contribution is 2.39. The van der Waals surface area contributed by atoms with Crippen LogP contribution in [-0.4, -0.2) is 32.0 Å². The Balaban J connectivity index is 1.63. The Morgan fingerprint density at radius 2 is 1.89 bits per heavy atom. The first-order valence-corrected chi connectivity index (χ1v) is 12.5. The molecule has 3 aromatic rings. The molecule has 2 aromatic carbocycles. The van der Waals surface area contributed by atoms with E-state index in [2.05, 4.69) is 4.98 Å². The number of benzene rings is 2. The van der Waals surface area contributed by atoms with Crippen LogP contribution in [0.5, 0.6) is 0 Å². The zero-order valence-electron chi connectivity index (χ0n) is 19.8. The number of aliphatic hydroxyl groups is 1. The lowest BCUT2D eigenvalue weighted by Gasteiger charge is -2.44. The Hall–Kier alpha value is -3.56. The predicted molar refractivity (Wildman–Crippen MR) is 137 cm³/mol. The maximum atomic E-state index is 13.6. The van der Waals surface area contributed by atoms with E-state index in [4.69, 9.17) is 11.6 Å². The van der Waals surface area contributed by atoms with Gasteiger partial charge in [0.05, 0.1) is 12.1 Å². The molecule has 0 aliphatic carbocycles. The average molecular weight is 544 g/mol. The Morgan fingerprint density at radius 3 is 2.59 bits per heavy atom. The first-order valence-electron chi connectivity index (χ1n) is 11.3. The van der Waals surface area contributed by atoms with Gasteiger partial charge in [-0.2, -0.15) is 13.2 Å². The second-order valence-corrected chi connectivity index (χ2v) is 10.5. The molecule has 0 saturated heterocycles. The van der Waals surface area contributed by atoms with Gasteiger partial charge in [-0.05, 0) is 65.9 Å². The van der Waals surface area contributed by atoms with E-state index >= 15 is 0 Å². The van der Waals surface area contributed by atoms with E-state index in [-0.39, 0.29) is 18.0 Å². The molecule has 0 saturated carbocycles. The number of allylic oxidation sites excluding steroid dienone is 2. The van der Waals surface area contributed by atoms with Crippen LogP contribution in [0.1, 0.15) is 28.5 Å². The highest BCUT2D eigenvalue weighted by atomic mass is 35.5. The number of hydrogen-bond acceptors (Lipinski definition) is 5. The number of halogens is 4. The first kappa shape index (κ1) is 25.1. The topological polar surface area (TPSA) is 56.7 Å². The van der Waals surface area contributed by atoms with Crippen molar-refractivity contribution in [2.24, 2.45) is 0 Å². The molecule has 1 unspecified atom stereocenters. The summed E-state index contributed by atoms with van der Waals surface area (Å²) in [5.41, 5.74) is 2.09. The van der Waals surface area contributed by atoms with Crippen molar-refractivity contribution in [3.05, 3.63) is 105 Å². The minimum atomic E-state index is -4.48. The number of fused-ring (bicyclic) bond motifs is 1. The van der Waals surface area contributed by atoms with Gasteiger partial charge in [0.1, 0.15) is 11.7 Å². The highest BCUT2D eigenvalue weighted by molar-refractivity contribution is 7.15. The van der Waals surface area contributed by atoms with E-state index in [1.54, 1.807) is 54.6 Å². The molecule has 1 aromatic heterocycles. The van der Waals surface area contributed by atoms with Crippen LogP contribution in [0, 0.1) is 6.92 Å². The van der Waals surface area contributed by atoms with Crippen LogP contribution in [0.3, 0.4) is 0 Å². The second-order valence-electron chi connectivity index (χ2n) is 8.85. The van der Waals surface area contributed by atoms with Crippen LogP contribution in [0.25, 0.3) is 16.7 Å². The fourth-order valence-electron chi connectivity index (χ4n) is 4.62. The third kappa shape index (κ3) is 4.65. The molecule has 5 nitrogen and oxygen atoms in total. The SMILES string of the molecule is CC1=CC=CN2C(=O)C(c3cccc(-c4cc(C(F)(F)F)ccc4C)c3)=C(O)N(Cc3cnc(Cl)s3)C12. The number of amides is 1. The monoisotopic (exact) mass is 543 g/mol. The summed E-state index contributed by atoms with van der Waals surface area (Å²) in [5, 5.41) is 11.5. The van der Waals surface area contributed by atoms with Crippen molar-refractivity contribution in [2.75, 3.05) is 0 Å². The fraction of sp³-hybridized carbons (Fsp3) is 0.185. The summed E-state index contributed by atoms with van der Waals surface area (Å²) >= 11 is 7.29. The summed E-state index contributed by atoms with van der Waals surface area (Å²) in [6.07, 6.45) is 1.87. The van der Waals surface area contributed by atoms with E-state index in [9.17, 15) is 23.1 Å². The Morgan fingerprint density at radius 1 is 1.14 bits per heavy atom. The van der Waals surface area contributed by atoms with Crippen molar-refractivity contribution in [1.29, 1.82) is 0 Å². The zero-order valence-corrected chi connectivity index (χ0v) is 21.3. The van der Waals surface area contributed by atoms with Crippen molar-refractivity contribution in [3.8, 4) is 11.1 Å². The molecule has 1 N–H and O–H groups in total. The highest BCUT2D eigenvalue weighted by Gasteiger charge is 2.41. The second kappa shape index (κ2) is 9.39. The van der Waals surface area contributed by atoms with Gasteiger partial charge < -0.3 is 10.0 Å². The van der Waals surface area contributed by atoms with Gasteiger partial charge in [-0.15, -0.1) is 11.3 Å². The van der Waals surface area contributed by atoms with E-state index in [0.717, 1.165) is 22.6 Å². The predicted octanol–water partition coefficient (Wildman–Crippen LogP) is 7.16. The number of hydrogen-bond donors (Lipinski definition) is 1. The van der Waals surface area contributed by atoms with Crippen LogP contribution in [0.15, 0.2) is 78.5 Å². The van der Waals surface area contributed by atoms with E-state index in [1.807, 2.05) is 13.0 Å². The number of nitrogens with zero attached hydrogens (tertiary/aromatic N) is 3. The summed E-state index contributed by atoms with van der Waals surface area (Å²) in [7, 11) is 0. The molecule has 2 aliphatic rings. The van der Waals surface area contributed by atoms with Crippen LogP contribution in [-0.2, 0) is 17.5 Å². The number of carbonyl (C=O) groups excluding carboxylic acids is 1. The van der Waals surface area contributed by atoms with E-state index in [0.29, 0.717) is 26.7 Å². The van der Waals surface area contributed by atoms with Crippen LogP contribution in [0.2, 0.25) is 4.47 Å². The number of thiazole rings is 1. The van der Waals surface area contributed by atoms with Gasteiger partial charge in [0.2, 0.25) is 5.88 Å². The quantitative estimate of drug-likeness (QED) is 0.379. The maximum Gasteiger partial charge on any atom is 0.416 e. The lowest BCUT2D eigenvalue weighted by atomic mass is 9.93. The Labute approximate surface area is 220 Å². The molecule has 3 heterocycles. The summed E-state index contributed by atoms with van der Waals surface area (Å²) in [5.74, 6) is -0.639. The lowest BCUT2D eigenvalue weighted by Crippen LogP contribution is -2.53. The van der Waals surface area contributed by atoms with E-state index < -0.39 is 23.8 Å². The number of aliphatic hydroxyl groups excluding tert-OH is 1. The molecule has 2 aliphatic heterocycles. The number of aromatic nitrogens is 1. The van der Waals surface area contributed by atoms with Gasteiger partial charge in [-0.1, -0.05) is 41.9 Å². The molecular formula is C27H21ClF3N3O2S. The third-order valence-corrected chi connectivity index (χ3v) is 7.49. The zero-order chi connectivity index (χ0) is 26.5. The molecule has 10 heteroatoms. The Kier molecular flexibility index (Phi) is 6.37. The van der Waals surface area contributed by atoms with Crippen LogP contribution < -0.4 is 0 Å². The molecule has 0 fully saturated rings. The lowest BCUT2D eigenvalue weighted by molar-refractivity contribution is -0.137. The standard InChI is InChI=1S/C27H21ClF3N3O2S/c1-15-8-9-19(27(29,30)31)12-21(15)17-6-3-7-18(11-17)22-24(35)33-10-4-5-16(2)23(33)34(25(22)36)14-20-13-32-26(28)37-20/h3-13,23,36H,14H2,1-2H3. The van der Waals surface area contributed by atoms with E-state index in [1.165, 1.54) is 22.3 Å². The number of carbonyl (C=O) groups is 1. The van der Waals surface area contributed by atoms with Gasteiger partial charge in [-0.25, -0.2) is 4.98 Å². The van der Waals surface area contributed by atoms with Gasteiger partial charge in [0.25, 0.3) is 5.91 Å². The van der Waals surface area contributed by atoms with Crippen molar-refractivity contribution >= 4 is 34.4 Å². The molecule has 37 heavy (non-hydrogen) atoms. The largest absolute Gasteiger partial charge is 0.494 e. The summed E-state index contributed by atoms with van der Waals surface area (Å²) in [6.45, 7) is 3.85. The van der Waals surface area contributed by atoms with Crippen molar-refractivity contribution < 1.29 is 23.1 Å². The molecule has 1 atom stereocenters. The average Bonchev–Trinajstić information content (AvgIpc) is 3.26. The van der Waals surface area contributed by atoms with Gasteiger partial charge in [0, 0.05) is 17.3 Å². The smallest absolute Gasteiger partial charge is 0.416 e. The number of alkyl halides is 3. The molecule has 0 spiro atoms. The van der Waals surface area contributed by atoms with Crippen molar-refractivity contribution in [2.45, 2.75) is 32.7 Å². The third-order valence-electron chi connectivity index (χ3n) is 6.39. The molecule has 0 radical (unpaired) electrons. The summed E-state index contributed by atoms with van der Waals surface area (Å²) in [4.78, 5) is 21.7.